The van der Waals surface area contributed by atoms with Crippen LogP contribution in [0.3, 0.4) is 0 Å². The van der Waals surface area contributed by atoms with E-state index >= 15 is 0 Å². The predicted octanol–water partition coefficient (Wildman–Crippen LogP) is 4.02. The summed E-state index contributed by atoms with van der Waals surface area (Å²) in [5, 5.41) is 12.7. The van der Waals surface area contributed by atoms with E-state index in [0.717, 1.165) is 38.0 Å². The first kappa shape index (κ1) is 17.8. The molecule has 0 spiro atoms. The van der Waals surface area contributed by atoms with Crippen LogP contribution in [0.4, 0.5) is 0 Å². The number of nitrogens with one attached hydrogen (secondary N) is 1. The van der Waals surface area contributed by atoms with Gasteiger partial charge in [-0.15, -0.1) is 0 Å². The van der Waals surface area contributed by atoms with Crippen molar-refractivity contribution in [1.82, 2.24) is 5.32 Å². The molecule has 1 atom stereocenters. The number of aliphatic carboxylic acids is 1. The molecule has 2 N–H and O–H groups in total. The Morgan fingerprint density at radius 2 is 1.78 bits per heavy atom. The second kappa shape index (κ2) is 8.34. The highest BCUT2D eigenvalue weighted by Crippen LogP contribution is 2.27. The lowest BCUT2D eigenvalue weighted by molar-refractivity contribution is -0.142. The van der Waals surface area contributed by atoms with Crippen LogP contribution >= 0.6 is 0 Å². The Balaban J connectivity index is 1.81. The summed E-state index contributed by atoms with van der Waals surface area (Å²) in [5.74, 6) is 0.641. The zero-order chi connectivity index (χ0) is 16.8. The molecule has 0 bridgehead atoms. The average molecular weight is 319 g/mol. The normalized spacial score (nSPS) is 22.8. The first-order chi connectivity index (χ1) is 11.0. The van der Waals surface area contributed by atoms with Gasteiger partial charge in [0.15, 0.2) is 0 Å². The van der Waals surface area contributed by atoms with Gasteiger partial charge in [0.05, 0.1) is 12.5 Å². The van der Waals surface area contributed by atoms with E-state index in [2.05, 4.69) is 38.2 Å². The first-order valence-corrected chi connectivity index (χ1v) is 8.67. The molecule has 2 rings (SSSR count). The lowest BCUT2D eigenvalue weighted by Crippen LogP contribution is -2.36. The lowest BCUT2D eigenvalue weighted by Gasteiger charge is -2.29. The molecule has 128 valence electrons. The summed E-state index contributed by atoms with van der Waals surface area (Å²) >= 11 is 0. The number of carbonyl (C=O) groups is 1. The Hall–Kier alpha value is -1.55. The third-order valence-electron chi connectivity index (χ3n) is 4.53. The van der Waals surface area contributed by atoms with Gasteiger partial charge in [0, 0.05) is 12.1 Å². The number of ether oxygens (including phenoxy) is 1. The van der Waals surface area contributed by atoms with E-state index in [1.165, 1.54) is 5.56 Å². The van der Waals surface area contributed by atoms with Crippen molar-refractivity contribution in [3.63, 3.8) is 0 Å². The molecule has 23 heavy (non-hydrogen) atoms. The van der Waals surface area contributed by atoms with E-state index in [4.69, 9.17) is 9.84 Å². The number of benzene rings is 1. The number of carboxylic acids is 1. The van der Waals surface area contributed by atoms with E-state index in [1.54, 1.807) is 0 Å². The quantitative estimate of drug-likeness (QED) is 0.797. The Morgan fingerprint density at radius 3 is 2.30 bits per heavy atom. The molecule has 1 fully saturated rings. The third kappa shape index (κ3) is 5.54. The molecular weight excluding hydrogens is 290 g/mol. The SMILES string of the molecule is CC(C)COc1ccc(C(C)NC2CCC(C(=O)O)CC2)cc1. The summed E-state index contributed by atoms with van der Waals surface area (Å²) in [6.07, 6.45) is 3.44. The Morgan fingerprint density at radius 1 is 1.17 bits per heavy atom. The van der Waals surface area contributed by atoms with Crippen molar-refractivity contribution in [2.24, 2.45) is 11.8 Å². The maximum atomic E-state index is 11.0. The van der Waals surface area contributed by atoms with Crippen LogP contribution in [0.25, 0.3) is 0 Å². The van der Waals surface area contributed by atoms with Crippen molar-refractivity contribution in [1.29, 1.82) is 0 Å². The smallest absolute Gasteiger partial charge is 0.306 e. The molecule has 0 radical (unpaired) electrons. The second-order valence-corrected chi connectivity index (χ2v) is 7.05. The molecule has 1 saturated carbocycles. The molecule has 1 aliphatic rings. The van der Waals surface area contributed by atoms with Crippen LogP contribution in [0, 0.1) is 11.8 Å². The van der Waals surface area contributed by atoms with Crippen LogP contribution in [0.2, 0.25) is 0 Å². The van der Waals surface area contributed by atoms with Gasteiger partial charge in [-0.2, -0.15) is 0 Å². The van der Waals surface area contributed by atoms with E-state index < -0.39 is 5.97 Å². The van der Waals surface area contributed by atoms with E-state index in [0.29, 0.717) is 12.0 Å². The number of carboxylic acid groups (broad SMARTS) is 1. The lowest BCUT2D eigenvalue weighted by atomic mass is 9.85. The zero-order valence-corrected chi connectivity index (χ0v) is 14.4. The second-order valence-electron chi connectivity index (χ2n) is 7.05. The van der Waals surface area contributed by atoms with Crippen molar-refractivity contribution in [3.8, 4) is 5.75 Å². The first-order valence-electron chi connectivity index (χ1n) is 8.67. The van der Waals surface area contributed by atoms with Gasteiger partial charge in [0.1, 0.15) is 5.75 Å². The molecule has 0 heterocycles. The predicted molar refractivity (Wildman–Crippen MR) is 91.7 cm³/mol. The molecule has 1 unspecified atom stereocenters. The largest absolute Gasteiger partial charge is 0.493 e. The Labute approximate surface area is 139 Å². The monoisotopic (exact) mass is 319 g/mol. The van der Waals surface area contributed by atoms with Crippen LogP contribution in [-0.4, -0.2) is 23.7 Å². The van der Waals surface area contributed by atoms with Gasteiger partial charge in [0.25, 0.3) is 0 Å². The third-order valence-corrected chi connectivity index (χ3v) is 4.53. The Kier molecular flexibility index (Phi) is 6.46. The number of hydrogen-bond acceptors (Lipinski definition) is 3. The maximum absolute atomic E-state index is 11.0. The maximum Gasteiger partial charge on any atom is 0.306 e. The molecule has 0 aromatic heterocycles. The zero-order valence-electron chi connectivity index (χ0n) is 14.4. The van der Waals surface area contributed by atoms with Crippen molar-refractivity contribution in [3.05, 3.63) is 29.8 Å². The molecule has 1 aromatic carbocycles. The minimum Gasteiger partial charge on any atom is -0.493 e. The molecule has 0 amide bonds. The van der Waals surface area contributed by atoms with Crippen LogP contribution in [0.1, 0.15) is 58.1 Å². The fraction of sp³-hybridized carbons (Fsp3) is 0.632. The summed E-state index contributed by atoms with van der Waals surface area (Å²) < 4.78 is 5.71. The topological polar surface area (TPSA) is 58.6 Å². The van der Waals surface area contributed by atoms with Gasteiger partial charge in [-0.1, -0.05) is 26.0 Å². The highest BCUT2D eigenvalue weighted by Gasteiger charge is 2.26. The van der Waals surface area contributed by atoms with Crippen LogP contribution < -0.4 is 10.1 Å². The molecule has 1 aliphatic carbocycles. The summed E-state index contributed by atoms with van der Waals surface area (Å²) in [6, 6.07) is 8.94. The van der Waals surface area contributed by atoms with Gasteiger partial charge < -0.3 is 15.2 Å². The summed E-state index contributed by atoms with van der Waals surface area (Å²) in [6.45, 7) is 7.17. The van der Waals surface area contributed by atoms with Gasteiger partial charge in [0.2, 0.25) is 0 Å². The number of rotatable bonds is 7. The van der Waals surface area contributed by atoms with E-state index in [9.17, 15) is 4.79 Å². The molecule has 1 aromatic rings. The van der Waals surface area contributed by atoms with E-state index in [-0.39, 0.29) is 12.0 Å². The number of hydrogen-bond donors (Lipinski definition) is 2. The molecule has 4 heteroatoms. The minimum atomic E-state index is -0.645. The van der Waals surface area contributed by atoms with Crippen LogP contribution in [0.5, 0.6) is 5.75 Å². The van der Waals surface area contributed by atoms with Crippen molar-refractivity contribution in [2.75, 3.05) is 6.61 Å². The van der Waals surface area contributed by atoms with Crippen molar-refractivity contribution in [2.45, 2.75) is 58.5 Å². The van der Waals surface area contributed by atoms with Crippen LogP contribution in [0.15, 0.2) is 24.3 Å². The summed E-state index contributed by atoms with van der Waals surface area (Å²) in [4.78, 5) is 11.0. The molecular formula is C19H29NO3. The van der Waals surface area contributed by atoms with Gasteiger partial charge in [-0.25, -0.2) is 0 Å². The Bertz CT molecular complexity index is 490. The standard InChI is InChI=1S/C19H29NO3/c1-13(2)12-23-18-10-6-15(7-11-18)14(3)20-17-8-4-16(5-9-17)19(21)22/h6-7,10-11,13-14,16-17,20H,4-5,8-9,12H2,1-3H3,(H,21,22). The fourth-order valence-corrected chi connectivity index (χ4v) is 3.07. The average Bonchev–Trinajstić information content (AvgIpc) is 2.54. The minimum absolute atomic E-state index is 0.152. The highest BCUT2D eigenvalue weighted by atomic mass is 16.5. The van der Waals surface area contributed by atoms with Crippen molar-refractivity contribution < 1.29 is 14.6 Å². The van der Waals surface area contributed by atoms with Gasteiger partial charge in [-0.3, -0.25) is 4.79 Å². The summed E-state index contributed by atoms with van der Waals surface area (Å²) in [7, 11) is 0. The summed E-state index contributed by atoms with van der Waals surface area (Å²) in [5.41, 5.74) is 1.24. The molecule has 0 saturated heterocycles. The van der Waals surface area contributed by atoms with Gasteiger partial charge in [-0.05, 0) is 56.2 Å². The highest BCUT2D eigenvalue weighted by molar-refractivity contribution is 5.70. The van der Waals surface area contributed by atoms with Gasteiger partial charge >= 0.3 is 5.97 Å². The van der Waals surface area contributed by atoms with Crippen LogP contribution in [-0.2, 0) is 4.79 Å². The molecule has 4 nitrogen and oxygen atoms in total. The fourth-order valence-electron chi connectivity index (χ4n) is 3.07. The van der Waals surface area contributed by atoms with Crippen molar-refractivity contribution >= 4 is 5.97 Å². The van der Waals surface area contributed by atoms with E-state index in [1.807, 2.05) is 12.1 Å². The molecule has 0 aliphatic heterocycles.